The van der Waals surface area contributed by atoms with E-state index in [-0.39, 0.29) is 11.4 Å². The number of nitro benzene ring substituents is 1. The Morgan fingerprint density at radius 2 is 1.65 bits per heavy atom. The van der Waals surface area contributed by atoms with Gasteiger partial charge in [-0.2, -0.15) is 0 Å². The van der Waals surface area contributed by atoms with Gasteiger partial charge in [-0.1, -0.05) is 0 Å². The lowest BCUT2D eigenvalue weighted by molar-refractivity contribution is -0.384. The number of nitro groups is 1. The number of benzene rings is 1. The molecule has 0 aromatic heterocycles. The predicted octanol–water partition coefficient (Wildman–Crippen LogP) is -1.27. The molecule has 0 unspecified atom stereocenters. The van der Waals surface area contributed by atoms with Crippen LogP contribution in [-0.4, -0.2) is 56.2 Å². The Hall–Kier alpha value is -1.78. The van der Waals surface area contributed by atoms with Gasteiger partial charge < -0.3 is 29.9 Å². The molecule has 1 fully saturated rings. The Balaban J connectivity index is 2.07. The predicted molar refractivity (Wildman–Crippen MR) is 62.6 cm³/mol. The third kappa shape index (κ3) is 2.86. The first-order valence-corrected chi connectivity index (χ1v) is 5.69. The number of ether oxygens (including phenoxy) is 2. The minimum atomic E-state index is -1.71. The van der Waals surface area contributed by atoms with E-state index in [0.29, 0.717) is 0 Å². The molecule has 9 nitrogen and oxygen atoms in total. The molecule has 1 aliphatic heterocycles. The van der Waals surface area contributed by atoms with Crippen LogP contribution in [0.3, 0.4) is 0 Å². The number of nitrogens with zero attached hydrogens (tertiary/aromatic N) is 1. The first-order valence-electron chi connectivity index (χ1n) is 5.69. The van der Waals surface area contributed by atoms with Crippen LogP contribution < -0.4 is 4.74 Å². The highest BCUT2D eigenvalue weighted by Crippen LogP contribution is 2.24. The molecule has 2 rings (SSSR count). The lowest BCUT2D eigenvalue weighted by Crippen LogP contribution is -2.59. The Bertz CT molecular complexity index is 478. The molecule has 110 valence electrons. The van der Waals surface area contributed by atoms with Crippen LogP contribution in [0.15, 0.2) is 24.3 Å². The highest BCUT2D eigenvalue weighted by Gasteiger charge is 2.44. The van der Waals surface area contributed by atoms with Crippen molar-refractivity contribution in [3.05, 3.63) is 34.4 Å². The fourth-order valence-electron chi connectivity index (χ4n) is 1.71. The summed E-state index contributed by atoms with van der Waals surface area (Å²) in [4.78, 5) is 9.90. The summed E-state index contributed by atoms with van der Waals surface area (Å²) in [5, 5.41) is 48.2. The zero-order valence-electron chi connectivity index (χ0n) is 10.1. The summed E-state index contributed by atoms with van der Waals surface area (Å²) >= 11 is 0. The van der Waals surface area contributed by atoms with Gasteiger partial charge in [-0.25, -0.2) is 0 Å². The van der Waals surface area contributed by atoms with Crippen LogP contribution in [0.4, 0.5) is 5.69 Å². The zero-order valence-corrected chi connectivity index (χ0v) is 10.1. The van der Waals surface area contributed by atoms with E-state index in [1.54, 1.807) is 0 Å². The molecule has 4 N–H and O–H groups in total. The maximum Gasteiger partial charge on any atom is 0.269 e. The lowest BCUT2D eigenvalue weighted by Gasteiger charge is -2.37. The van der Waals surface area contributed by atoms with Crippen molar-refractivity contribution in [1.29, 1.82) is 0 Å². The van der Waals surface area contributed by atoms with Crippen LogP contribution in [0.1, 0.15) is 0 Å². The molecule has 1 aliphatic rings. The van der Waals surface area contributed by atoms with Gasteiger partial charge in [-0.15, -0.1) is 0 Å². The Morgan fingerprint density at radius 3 is 2.20 bits per heavy atom. The van der Waals surface area contributed by atoms with Crippen molar-refractivity contribution in [3.8, 4) is 5.75 Å². The smallest absolute Gasteiger partial charge is 0.269 e. The molecule has 5 atom stereocenters. The summed E-state index contributed by atoms with van der Waals surface area (Å²) in [6.07, 6.45) is -7.99. The third-order valence-electron chi connectivity index (χ3n) is 2.84. The van der Waals surface area contributed by atoms with Crippen LogP contribution in [0.25, 0.3) is 0 Å². The second-order valence-electron chi connectivity index (χ2n) is 4.24. The number of aliphatic hydroxyl groups is 4. The first kappa shape index (κ1) is 14.6. The van der Waals surface area contributed by atoms with Crippen LogP contribution in [0, 0.1) is 10.1 Å². The standard InChI is InChI=1S/C11H13NO8/c13-7-8(14)10(16)20-11(9(7)15)19-6-3-1-5(2-4-6)12(17)18/h1-4,7-11,13-16H/t7-,8-,9+,10-,11-/m0/s1. The van der Waals surface area contributed by atoms with Crippen molar-refractivity contribution < 1.29 is 34.8 Å². The monoisotopic (exact) mass is 287 g/mol. The van der Waals surface area contributed by atoms with Gasteiger partial charge in [0.1, 0.15) is 24.1 Å². The fraction of sp³-hybridized carbons (Fsp3) is 0.455. The molecule has 0 spiro atoms. The molecule has 0 bridgehead atoms. The molecule has 0 radical (unpaired) electrons. The van der Waals surface area contributed by atoms with Crippen molar-refractivity contribution in [3.63, 3.8) is 0 Å². The molecule has 0 amide bonds. The molecule has 1 aromatic carbocycles. The van der Waals surface area contributed by atoms with Gasteiger partial charge in [-0.3, -0.25) is 10.1 Å². The molecule has 1 saturated heterocycles. The SMILES string of the molecule is O=[N+]([O-])c1ccc(O[C@H]2O[C@H](O)[C@@H](O)[C@H](O)[C@H]2O)cc1. The van der Waals surface area contributed by atoms with E-state index >= 15 is 0 Å². The Kier molecular flexibility index (Phi) is 4.16. The van der Waals surface area contributed by atoms with Crippen molar-refractivity contribution in [2.75, 3.05) is 0 Å². The summed E-state index contributed by atoms with van der Waals surface area (Å²) < 4.78 is 9.97. The van der Waals surface area contributed by atoms with Gasteiger partial charge >= 0.3 is 0 Å². The maximum atomic E-state index is 10.5. The average molecular weight is 287 g/mol. The fourth-order valence-corrected chi connectivity index (χ4v) is 1.71. The van der Waals surface area contributed by atoms with E-state index < -0.39 is 35.8 Å². The summed E-state index contributed by atoms with van der Waals surface area (Å²) in [7, 11) is 0. The second-order valence-corrected chi connectivity index (χ2v) is 4.24. The van der Waals surface area contributed by atoms with Crippen LogP contribution >= 0.6 is 0 Å². The number of hydrogen-bond donors (Lipinski definition) is 4. The van der Waals surface area contributed by atoms with Gasteiger partial charge in [0.05, 0.1) is 4.92 Å². The largest absolute Gasteiger partial charge is 0.462 e. The highest BCUT2D eigenvalue weighted by atomic mass is 16.7. The molecule has 0 aliphatic carbocycles. The number of non-ortho nitro benzene ring substituents is 1. The van der Waals surface area contributed by atoms with E-state index in [2.05, 4.69) is 0 Å². The van der Waals surface area contributed by atoms with Crippen LogP contribution in [0.5, 0.6) is 5.75 Å². The number of hydrogen-bond acceptors (Lipinski definition) is 8. The highest BCUT2D eigenvalue weighted by molar-refractivity contribution is 5.36. The minimum absolute atomic E-state index is 0.135. The minimum Gasteiger partial charge on any atom is -0.462 e. The van der Waals surface area contributed by atoms with Gasteiger partial charge in [0, 0.05) is 12.1 Å². The average Bonchev–Trinajstić information content (AvgIpc) is 2.43. The lowest BCUT2D eigenvalue weighted by atomic mass is 10.0. The second kappa shape index (κ2) is 5.69. The van der Waals surface area contributed by atoms with Crippen molar-refractivity contribution in [2.24, 2.45) is 0 Å². The quantitative estimate of drug-likeness (QED) is 0.398. The third-order valence-corrected chi connectivity index (χ3v) is 2.84. The van der Waals surface area contributed by atoms with Gasteiger partial charge in [0.2, 0.25) is 6.29 Å². The molecule has 1 heterocycles. The van der Waals surface area contributed by atoms with Crippen molar-refractivity contribution in [2.45, 2.75) is 30.9 Å². The number of aliphatic hydroxyl groups excluding tert-OH is 4. The maximum absolute atomic E-state index is 10.5. The Morgan fingerprint density at radius 1 is 1.05 bits per heavy atom. The van der Waals surface area contributed by atoms with E-state index in [1.807, 2.05) is 0 Å². The van der Waals surface area contributed by atoms with E-state index in [4.69, 9.17) is 9.47 Å². The molecule has 1 aromatic rings. The topological polar surface area (TPSA) is 143 Å². The molecular formula is C11H13NO8. The normalized spacial score (nSPS) is 33.7. The molecule has 0 saturated carbocycles. The molecule has 9 heteroatoms. The first-order chi connectivity index (χ1) is 9.40. The molecular weight excluding hydrogens is 274 g/mol. The van der Waals surface area contributed by atoms with Gasteiger partial charge in [0.25, 0.3) is 5.69 Å². The number of rotatable bonds is 3. The van der Waals surface area contributed by atoms with E-state index in [1.165, 1.54) is 24.3 Å². The molecule has 20 heavy (non-hydrogen) atoms. The summed E-state index contributed by atoms with van der Waals surface area (Å²) in [5.74, 6) is 0.135. The summed E-state index contributed by atoms with van der Waals surface area (Å²) in [6.45, 7) is 0. The van der Waals surface area contributed by atoms with Crippen molar-refractivity contribution in [1.82, 2.24) is 0 Å². The van der Waals surface area contributed by atoms with Crippen molar-refractivity contribution >= 4 is 5.69 Å². The van der Waals surface area contributed by atoms with Crippen LogP contribution in [-0.2, 0) is 4.74 Å². The van der Waals surface area contributed by atoms with E-state index in [9.17, 15) is 30.5 Å². The summed E-state index contributed by atoms with van der Waals surface area (Å²) in [6, 6.07) is 4.93. The van der Waals surface area contributed by atoms with Gasteiger partial charge in [-0.05, 0) is 12.1 Å². The summed E-state index contributed by atoms with van der Waals surface area (Å²) in [5.41, 5.74) is -0.141. The van der Waals surface area contributed by atoms with E-state index in [0.717, 1.165) is 0 Å². The zero-order chi connectivity index (χ0) is 14.9. The Labute approximate surface area is 112 Å². The van der Waals surface area contributed by atoms with Crippen LogP contribution in [0.2, 0.25) is 0 Å². The van der Waals surface area contributed by atoms with Gasteiger partial charge in [0.15, 0.2) is 6.29 Å².